The van der Waals surface area contributed by atoms with Crippen molar-refractivity contribution in [1.82, 2.24) is 0 Å². The maximum atomic E-state index is 12.7. The van der Waals surface area contributed by atoms with Gasteiger partial charge in [-0.2, -0.15) is 0 Å². The Kier molecular flexibility index (Phi) is 9.46. The van der Waals surface area contributed by atoms with Crippen LogP contribution in [0.3, 0.4) is 0 Å². The number of aromatic hydroxyl groups is 1. The average molecular weight is 581 g/mol. The number of carbonyl (C=O) groups is 2. The highest BCUT2D eigenvalue weighted by Gasteiger charge is 2.56. The van der Waals surface area contributed by atoms with Crippen LogP contribution in [0.15, 0.2) is 48.5 Å². The molecule has 9 atom stereocenters. The predicted molar refractivity (Wildman–Crippen MR) is 134 cm³/mol. The van der Waals surface area contributed by atoms with E-state index < -0.39 is 79.8 Å². The Hall–Kier alpha value is -3.34. The number of benzene rings is 2. The van der Waals surface area contributed by atoms with Crippen LogP contribution in [-0.4, -0.2) is 114 Å². The number of carbonyl (C=O) groups excluding carboxylic acids is 2. The first-order valence-electron chi connectivity index (χ1n) is 12.8. The van der Waals surface area contributed by atoms with Crippen molar-refractivity contribution in [3.05, 3.63) is 59.7 Å². The minimum atomic E-state index is -2.82. The van der Waals surface area contributed by atoms with Gasteiger partial charge in [-0.05, 0) is 43.2 Å². The van der Waals surface area contributed by atoms with Gasteiger partial charge in [0.1, 0.15) is 55.2 Å². The van der Waals surface area contributed by atoms with Gasteiger partial charge in [-0.1, -0.05) is 18.2 Å². The standard InChI is InChI=1S/C27H32O14/c28-15-6-8-17(14(10-15)11-39-26(36)27(37)19(30)9-7-16(29)23(27)34)40-25-22(33)21(32)20(31)18(41-25)12-38-24(35)13-4-2-1-3-5-13/h1-6,8,10,16,18-23,25,28-34,37H,7,9,11-12H2/t16-,18+,19+,20+,21-,22-,23-,25+,27-/m0/s1. The van der Waals surface area contributed by atoms with Gasteiger partial charge in [-0.3, -0.25) is 0 Å². The Morgan fingerprint density at radius 2 is 1.61 bits per heavy atom. The quantitative estimate of drug-likeness (QED) is 0.159. The number of phenols is 1. The van der Waals surface area contributed by atoms with Gasteiger partial charge in [0.2, 0.25) is 11.9 Å². The number of rotatable bonds is 8. The molecule has 14 nitrogen and oxygen atoms in total. The van der Waals surface area contributed by atoms with Gasteiger partial charge < -0.3 is 59.8 Å². The molecule has 2 fully saturated rings. The summed E-state index contributed by atoms with van der Waals surface area (Å²) in [4.78, 5) is 25.0. The van der Waals surface area contributed by atoms with Crippen molar-refractivity contribution in [2.75, 3.05) is 6.61 Å². The second kappa shape index (κ2) is 12.7. The van der Waals surface area contributed by atoms with Gasteiger partial charge in [0.15, 0.2) is 0 Å². The fraction of sp³-hybridized carbons (Fsp3) is 0.481. The first kappa shape index (κ1) is 30.6. The van der Waals surface area contributed by atoms with E-state index in [0.717, 1.165) is 6.07 Å². The number of hydrogen-bond acceptors (Lipinski definition) is 14. The summed E-state index contributed by atoms with van der Waals surface area (Å²) >= 11 is 0. The van der Waals surface area contributed by atoms with Crippen molar-refractivity contribution in [2.24, 2.45) is 0 Å². The highest BCUT2D eigenvalue weighted by molar-refractivity contribution is 5.89. The van der Waals surface area contributed by atoms with E-state index in [1.807, 2.05) is 0 Å². The van der Waals surface area contributed by atoms with Gasteiger partial charge >= 0.3 is 11.9 Å². The fourth-order valence-electron chi connectivity index (χ4n) is 4.60. The Labute approximate surface area is 233 Å². The summed E-state index contributed by atoms with van der Waals surface area (Å²) in [5.41, 5.74) is -2.60. The molecule has 0 aromatic heterocycles. The third-order valence-corrected chi connectivity index (χ3v) is 7.09. The van der Waals surface area contributed by atoms with Crippen LogP contribution in [0.25, 0.3) is 0 Å². The number of ether oxygens (including phenoxy) is 4. The maximum Gasteiger partial charge on any atom is 0.344 e. The molecular formula is C27H32O14. The molecule has 224 valence electrons. The van der Waals surface area contributed by atoms with Gasteiger partial charge in [0.25, 0.3) is 0 Å². The summed E-state index contributed by atoms with van der Waals surface area (Å²) in [5.74, 6) is -2.58. The van der Waals surface area contributed by atoms with Crippen molar-refractivity contribution >= 4 is 11.9 Å². The number of esters is 2. The Morgan fingerprint density at radius 3 is 2.32 bits per heavy atom. The molecule has 4 rings (SSSR count). The molecular weight excluding hydrogens is 548 g/mol. The van der Waals surface area contributed by atoms with E-state index >= 15 is 0 Å². The highest BCUT2D eigenvalue weighted by Crippen LogP contribution is 2.33. The zero-order valence-electron chi connectivity index (χ0n) is 21.6. The molecule has 2 aromatic carbocycles. The van der Waals surface area contributed by atoms with Gasteiger partial charge in [-0.25, -0.2) is 9.59 Å². The molecule has 0 spiro atoms. The molecule has 1 saturated heterocycles. The Balaban J connectivity index is 1.45. The predicted octanol–water partition coefficient (Wildman–Crippen LogP) is -1.91. The molecule has 0 unspecified atom stereocenters. The van der Waals surface area contributed by atoms with Crippen molar-refractivity contribution in [3.8, 4) is 11.5 Å². The van der Waals surface area contributed by atoms with E-state index in [4.69, 9.17) is 18.9 Å². The van der Waals surface area contributed by atoms with Crippen LogP contribution in [0.4, 0.5) is 0 Å². The van der Waals surface area contributed by atoms with E-state index in [1.165, 1.54) is 24.3 Å². The van der Waals surface area contributed by atoms with E-state index in [2.05, 4.69) is 0 Å². The molecule has 2 aliphatic rings. The normalized spacial score (nSPS) is 33.5. The van der Waals surface area contributed by atoms with E-state index in [0.29, 0.717) is 0 Å². The molecule has 1 aliphatic carbocycles. The maximum absolute atomic E-state index is 12.7. The zero-order valence-corrected chi connectivity index (χ0v) is 21.6. The minimum Gasteiger partial charge on any atom is -0.508 e. The molecule has 0 bridgehead atoms. The number of aliphatic hydroxyl groups excluding tert-OH is 6. The van der Waals surface area contributed by atoms with Crippen molar-refractivity contribution in [3.63, 3.8) is 0 Å². The molecule has 14 heteroatoms. The molecule has 1 heterocycles. The first-order chi connectivity index (χ1) is 19.4. The number of aliphatic hydroxyl groups is 7. The van der Waals surface area contributed by atoms with Crippen LogP contribution in [0.2, 0.25) is 0 Å². The summed E-state index contributed by atoms with van der Waals surface area (Å²) < 4.78 is 21.5. The van der Waals surface area contributed by atoms with Gasteiger partial charge in [0, 0.05) is 5.56 Å². The third-order valence-electron chi connectivity index (χ3n) is 7.09. The summed E-state index contributed by atoms with van der Waals surface area (Å²) in [7, 11) is 0. The topological polar surface area (TPSA) is 233 Å². The second-order valence-corrected chi connectivity index (χ2v) is 9.90. The fourth-order valence-corrected chi connectivity index (χ4v) is 4.60. The van der Waals surface area contributed by atoms with E-state index in [1.54, 1.807) is 18.2 Å². The van der Waals surface area contributed by atoms with Crippen LogP contribution in [0.5, 0.6) is 11.5 Å². The average Bonchev–Trinajstić information content (AvgIpc) is 2.97. The van der Waals surface area contributed by atoms with Gasteiger partial charge in [0.05, 0.1) is 17.8 Å². The van der Waals surface area contributed by atoms with E-state index in [9.17, 15) is 50.4 Å². The van der Waals surface area contributed by atoms with Gasteiger partial charge in [-0.15, -0.1) is 0 Å². The molecule has 41 heavy (non-hydrogen) atoms. The summed E-state index contributed by atoms with van der Waals surface area (Å²) in [6.07, 6.45) is -13.6. The van der Waals surface area contributed by atoms with Crippen LogP contribution < -0.4 is 4.74 Å². The monoisotopic (exact) mass is 580 g/mol. The van der Waals surface area contributed by atoms with E-state index in [-0.39, 0.29) is 35.5 Å². The second-order valence-electron chi connectivity index (χ2n) is 9.90. The summed E-state index contributed by atoms with van der Waals surface area (Å²) in [5, 5.41) is 81.9. The van der Waals surface area contributed by atoms with Crippen molar-refractivity contribution in [2.45, 2.75) is 74.1 Å². The lowest BCUT2D eigenvalue weighted by atomic mass is 9.78. The largest absolute Gasteiger partial charge is 0.508 e. The minimum absolute atomic E-state index is 0.0224. The highest BCUT2D eigenvalue weighted by atomic mass is 16.7. The SMILES string of the molecule is O=C(OC[C@H]1O[C@@H](Oc2ccc(O)cc2COC(=O)[C@]2(O)[C@H](O)CC[C@H](O)[C@@H]2O)[C@@H](O)[C@@H](O)[C@@H]1O)c1ccccc1. The van der Waals surface area contributed by atoms with Crippen molar-refractivity contribution in [1.29, 1.82) is 0 Å². The lowest BCUT2D eigenvalue weighted by Gasteiger charge is -2.41. The summed E-state index contributed by atoms with van der Waals surface area (Å²) in [6.45, 7) is -1.18. The third kappa shape index (κ3) is 6.45. The molecule has 0 radical (unpaired) electrons. The molecule has 0 amide bonds. The zero-order chi connectivity index (χ0) is 29.9. The molecule has 2 aromatic rings. The summed E-state index contributed by atoms with van der Waals surface area (Å²) in [6, 6.07) is 11.5. The lowest BCUT2D eigenvalue weighted by Crippen LogP contribution is -2.65. The van der Waals surface area contributed by atoms with Crippen LogP contribution in [-0.2, 0) is 25.6 Å². The molecule has 1 saturated carbocycles. The molecule has 8 N–H and O–H groups in total. The van der Waals surface area contributed by atoms with Crippen LogP contribution >= 0.6 is 0 Å². The number of hydrogen-bond donors (Lipinski definition) is 8. The van der Waals surface area contributed by atoms with Crippen LogP contribution in [0, 0.1) is 0 Å². The Morgan fingerprint density at radius 1 is 0.902 bits per heavy atom. The number of phenolic OH excluding ortho intramolecular Hbond substituents is 1. The first-order valence-corrected chi connectivity index (χ1v) is 12.8. The lowest BCUT2D eigenvalue weighted by molar-refractivity contribution is -0.277. The van der Waals surface area contributed by atoms with Crippen molar-refractivity contribution < 1.29 is 69.4 Å². The smallest absolute Gasteiger partial charge is 0.344 e. The van der Waals surface area contributed by atoms with Crippen LogP contribution in [0.1, 0.15) is 28.8 Å². The Bertz CT molecular complexity index is 1210. The molecule has 1 aliphatic heterocycles.